The normalized spacial score (nSPS) is 11.8. The van der Waals surface area contributed by atoms with Crippen LogP contribution in [0.5, 0.6) is 0 Å². The summed E-state index contributed by atoms with van der Waals surface area (Å²) in [6, 6.07) is 9.66. The summed E-state index contributed by atoms with van der Waals surface area (Å²) in [5, 5.41) is 0. The topological polar surface area (TPSA) is 61.8 Å². The number of hydrogen-bond acceptors (Lipinski definition) is 5. The molecule has 1 aromatic carbocycles. The fourth-order valence-corrected chi connectivity index (χ4v) is 1.46. The van der Waals surface area contributed by atoms with Gasteiger partial charge in [-0.25, -0.2) is 0 Å². The van der Waals surface area contributed by atoms with Crippen LogP contribution < -0.4 is 0 Å². The van der Waals surface area contributed by atoms with Gasteiger partial charge in [-0.05, 0) is 5.56 Å². The molecule has 0 bridgehead atoms. The van der Waals surface area contributed by atoms with Crippen molar-refractivity contribution in [1.29, 1.82) is 0 Å². The van der Waals surface area contributed by atoms with Crippen LogP contribution >= 0.6 is 0 Å². The van der Waals surface area contributed by atoms with Gasteiger partial charge in [-0.2, -0.15) is 0 Å². The Morgan fingerprint density at radius 3 is 2.68 bits per heavy atom. The van der Waals surface area contributed by atoms with Crippen molar-refractivity contribution in [3.8, 4) is 0 Å². The molecule has 19 heavy (non-hydrogen) atoms. The lowest BCUT2D eigenvalue weighted by Crippen LogP contribution is -2.20. The van der Waals surface area contributed by atoms with Gasteiger partial charge in [0.1, 0.15) is 13.1 Å². The standard InChI is InChI=1S/C14H18O5/c1-17-14(16)9-13(7-8-15)19-11-18-10-12-5-3-2-4-6-12/h2-6,8,13H,7,9-11H2,1H3/t13-/m1/s1. The number of carbonyl (C=O) groups excluding carboxylic acids is 2. The van der Waals surface area contributed by atoms with Crippen LogP contribution in [0.15, 0.2) is 30.3 Å². The average Bonchev–Trinajstić information content (AvgIpc) is 2.44. The minimum absolute atomic E-state index is 0.0321. The molecule has 1 rings (SSSR count). The summed E-state index contributed by atoms with van der Waals surface area (Å²) in [5.41, 5.74) is 1.03. The number of rotatable bonds is 9. The van der Waals surface area contributed by atoms with Crippen LogP contribution in [0.3, 0.4) is 0 Å². The van der Waals surface area contributed by atoms with Gasteiger partial charge in [0.15, 0.2) is 0 Å². The van der Waals surface area contributed by atoms with Crippen LogP contribution in [0.4, 0.5) is 0 Å². The van der Waals surface area contributed by atoms with Crippen LogP contribution in [-0.4, -0.2) is 32.3 Å². The lowest BCUT2D eigenvalue weighted by Gasteiger charge is -2.14. The Morgan fingerprint density at radius 1 is 1.32 bits per heavy atom. The second-order valence-corrected chi connectivity index (χ2v) is 3.92. The molecule has 0 aliphatic heterocycles. The quantitative estimate of drug-likeness (QED) is 0.294. The van der Waals surface area contributed by atoms with Crippen molar-refractivity contribution in [2.45, 2.75) is 25.6 Å². The summed E-state index contributed by atoms with van der Waals surface area (Å²) >= 11 is 0. The second-order valence-electron chi connectivity index (χ2n) is 3.92. The van der Waals surface area contributed by atoms with E-state index in [1.54, 1.807) is 0 Å². The van der Waals surface area contributed by atoms with E-state index >= 15 is 0 Å². The number of benzene rings is 1. The third kappa shape index (κ3) is 6.69. The molecule has 0 aromatic heterocycles. The van der Waals surface area contributed by atoms with Crippen LogP contribution in [0.25, 0.3) is 0 Å². The second kappa shape index (κ2) is 9.24. The van der Waals surface area contributed by atoms with Crippen molar-refractivity contribution in [3.63, 3.8) is 0 Å². The maximum atomic E-state index is 11.1. The Morgan fingerprint density at radius 2 is 2.05 bits per heavy atom. The summed E-state index contributed by atoms with van der Waals surface area (Å²) in [5.74, 6) is -0.407. The molecule has 1 aromatic rings. The molecule has 0 heterocycles. The maximum absolute atomic E-state index is 11.1. The highest BCUT2D eigenvalue weighted by Gasteiger charge is 2.14. The Labute approximate surface area is 112 Å². The zero-order valence-corrected chi connectivity index (χ0v) is 10.9. The van der Waals surface area contributed by atoms with Crippen molar-refractivity contribution in [2.75, 3.05) is 13.9 Å². The molecule has 0 fully saturated rings. The van der Waals surface area contributed by atoms with Crippen molar-refractivity contribution >= 4 is 12.3 Å². The molecule has 0 N–H and O–H groups in total. The average molecular weight is 266 g/mol. The highest BCUT2D eigenvalue weighted by Crippen LogP contribution is 2.06. The minimum Gasteiger partial charge on any atom is -0.469 e. The highest BCUT2D eigenvalue weighted by atomic mass is 16.7. The van der Waals surface area contributed by atoms with E-state index < -0.39 is 12.1 Å². The van der Waals surface area contributed by atoms with Gasteiger partial charge >= 0.3 is 5.97 Å². The summed E-state index contributed by atoms with van der Waals surface area (Å²) in [7, 11) is 1.30. The number of aldehydes is 1. The Hall–Kier alpha value is -1.72. The predicted molar refractivity (Wildman–Crippen MR) is 68.3 cm³/mol. The molecule has 1 atom stereocenters. The van der Waals surface area contributed by atoms with Crippen molar-refractivity contribution < 1.29 is 23.8 Å². The first kappa shape index (κ1) is 15.3. The molecule has 0 saturated carbocycles. The van der Waals surface area contributed by atoms with Gasteiger partial charge in [-0.3, -0.25) is 4.79 Å². The largest absolute Gasteiger partial charge is 0.469 e. The molecule has 0 unspecified atom stereocenters. The van der Waals surface area contributed by atoms with Crippen molar-refractivity contribution in [2.24, 2.45) is 0 Å². The van der Waals surface area contributed by atoms with E-state index in [2.05, 4.69) is 4.74 Å². The summed E-state index contributed by atoms with van der Waals surface area (Å²) in [6.45, 7) is 0.456. The molecule has 5 heteroatoms. The molecule has 0 spiro atoms. The van der Waals surface area contributed by atoms with Gasteiger partial charge in [0.05, 0.1) is 26.2 Å². The molecular formula is C14H18O5. The lowest BCUT2D eigenvalue weighted by molar-refractivity contribution is -0.149. The molecule has 0 radical (unpaired) electrons. The van der Waals surface area contributed by atoms with Gasteiger partial charge in [0.2, 0.25) is 0 Å². The van der Waals surface area contributed by atoms with E-state index in [0.29, 0.717) is 12.9 Å². The highest BCUT2D eigenvalue weighted by molar-refractivity contribution is 5.70. The number of carbonyl (C=O) groups is 2. The fourth-order valence-electron chi connectivity index (χ4n) is 1.46. The monoisotopic (exact) mass is 266 g/mol. The van der Waals surface area contributed by atoms with Crippen molar-refractivity contribution in [3.05, 3.63) is 35.9 Å². The lowest BCUT2D eigenvalue weighted by atomic mass is 10.2. The van der Waals surface area contributed by atoms with E-state index in [0.717, 1.165) is 5.56 Å². The van der Waals surface area contributed by atoms with E-state index in [1.807, 2.05) is 30.3 Å². The van der Waals surface area contributed by atoms with Gasteiger partial charge in [-0.1, -0.05) is 30.3 Å². The van der Waals surface area contributed by atoms with Crippen LogP contribution in [0.1, 0.15) is 18.4 Å². The molecule has 104 valence electrons. The van der Waals surface area contributed by atoms with Gasteiger partial charge in [0.25, 0.3) is 0 Å². The first-order valence-electron chi connectivity index (χ1n) is 6.00. The van der Waals surface area contributed by atoms with Crippen LogP contribution in [-0.2, 0) is 30.4 Å². The number of hydrogen-bond donors (Lipinski definition) is 0. The summed E-state index contributed by atoms with van der Waals surface area (Å²) in [4.78, 5) is 21.6. The Bertz CT molecular complexity index is 377. The van der Waals surface area contributed by atoms with Crippen molar-refractivity contribution in [1.82, 2.24) is 0 Å². The van der Waals surface area contributed by atoms with Crippen LogP contribution in [0.2, 0.25) is 0 Å². The van der Waals surface area contributed by atoms with Gasteiger partial charge in [0, 0.05) is 6.42 Å². The molecule has 5 nitrogen and oxygen atoms in total. The third-order valence-corrected chi connectivity index (χ3v) is 2.48. The summed E-state index contributed by atoms with van der Waals surface area (Å²) in [6.07, 6.45) is 0.402. The van der Waals surface area contributed by atoms with E-state index in [9.17, 15) is 9.59 Å². The van der Waals surface area contributed by atoms with Gasteiger partial charge < -0.3 is 19.0 Å². The van der Waals surface area contributed by atoms with Crippen LogP contribution in [0, 0.1) is 0 Å². The smallest absolute Gasteiger partial charge is 0.308 e. The Balaban J connectivity index is 2.24. The van der Waals surface area contributed by atoms with Gasteiger partial charge in [-0.15, -0.1) is 0 Å². The minimum atomic E-state index is -0.499. The third-order valence-electron chi connectivity index (χ3n) is 2.48. The molecule has 0 aliphatic rings. The summed E-state index contributed by atoms with van der Waals surface area (Å²) < 4.78 is 15.2. The molecular weight excluding hydrogens is 248 g/mol. The molecule has 0 saturated heterocycles. The zero-order chi connectivity index (χ0) is 13.9. The zero-order valence-electron chi connectivity index (χ0n) is 10.9. The van der Waals surface area contributed by atoms with E-state index in [-0.39, 0.29) is 19.6 Å². The predicted octanol–water partition coefficient (Wildman–Crippen LogP) is 1.70. The fraction of sp³-hybridized carbons (Fsp3) is 0.429. The first-order valence-corrected chi connectivity index (χ1v) is 6.00. The SMILES string of the molecule is COC(=O)C[C@@H](CC=O)OCOCc1ccccc1. The van der Waals surface area contributed by atoms with E-state index in [1.165, 1.54) is 7.11 Å². The van der Waals surface area contributed by atoms with E-state index in [4.69, 9.17) is 9.47 Å². The maximum Gasteiger partial charge on any atom is 0.308 e. The molecule has 0 aliphatic carbocycles. The Kier molecular flexibility index (Phi) is 7.46. The first-order chi connectivity index (χ1) is 9.26. The number of esters is 1. The number of methoxy groups -OCH3 is 1. The number of ether oxygens (including phenoxy) is 3. The molecule has 0 amide bonds.